The molecule has 148 valence electrons. The van der Waals surface area contributed by atoms with E-state index in [4.69, 9.17) is 16.3 Å². The van der Waals surface area contributed by atoms with E-state index in [0.29, 0.717) is 49.1 Å². The van der Waals surface area contributed by atoms with Gasteiger partial charge in [0.05, 0.1) is 5.56 Å². The average molecular weight is 401 g/mol. The largest absolute Gasteiger partial charge is 0.488 e. The fourth-order valence-electron chi connectivity index (χ4n) is 3.21. The van der Waals surface area contributed by atoms with Gasteiger partial charge in [-0.3, -0.25) is 9.59 Å². The Balaban J connectivity index is 1.66. The number of nitrogens with zero attached hydrogens (tertiary/aromatic N) is 2. The Morgan fingerprint density at radius 3 is 2.25 bits per heavy atom. The zero-order valence-corrected chi connectivity index (χ0v) is 17.0. The zero-order chi connectivity index (χ0) is 20.1. The molecule has 5 nitrogen and oxygen atoms in total. The summed E-state index contributed by atoms with van der Waals surface area (Å²) in [5.41, 5.74) is 1.39. The molecule has 2 aromatic carbocycles. The van der Waals surface area contributed by atoms with Gasteiger partial charge in [0.2, 0.25) is 5.91 Å². The van der Waals surface area contributed by atoms with Crippen molar-refractivity contribution in [1.82, 2.24) is 9.80 Å². The molecule has 0 atom stereocenters. The summed E-state index contributed by atoms with van der Waals surface area (Å²) in [6, 6.07) is 14.7. The van der Waals surface area contributed by atoms with Crippen molar-refractivity contribution in [2.24, 2.45) is 5.92 Å². The fourth-order valence-corrected chi connectivity index (χ4v) is 3.40. The number of amides is 2. The van der Waals surface area contributed by atoms with Crippen LogP contribution < -0.4 is 4.74 Å². The van der Waals surface area contributed by atoms with Crippen LogP contribution in [0.15, 0.2) is 48.5 Å². The molecule has 1 heterocycles. The second-order valence-electron chi connectivity index (χ2n) is 7.15. The lowest BCUT2D eigenvalue weighted by molar-refractivity contribution is -0.135. The summed E-state index contributed by atoms with van der Waals surface area (Å²) >= 11 is 6.19. The first-order valence-corrected chi connectivity index (χ1v) is 9.88. The van der Waals surface area contributed by atoms with Gasteiger partial charge in [0.25, 0.3) is 5.91 Å². The summed E-state index contributed by atoms with van der Waals surface area (Å²) in [4.78, 5) is 28.8. The summed E-state index contributed by atoms with van der Waals surface area (Å²) in [7, 11) is 0. The number of rotatable bonds is 5. The molecule has 0 radical (unpaired) electrons. The molecule has 3 rings (SSSR count). The standard InChI is InChI=1S/C22H25ClN2O3/c1-16(2)21(26)24-11-13-25(14-12-24)22(27)18-8-4-6-10-20(18)28-15-17-7-3-5-9-19(17)23/h3-10,16H,11-15H2,1-2H3. The van der Waals surface area contributed by atoms with Gasteiger partial charge in [0.15, 0.2) is 0 Å². The average Bonchev–Trinajstić information content (AvgIpc) is 2.72. The highest BCUT2D eigenvalue weighted by atomic mass is 35.5. The Labute approximate surface area is 170 Å². The Bertz CT molecular complexity index is 845. The quantitative estimate of drug-likeness (QED) is 0.765. The number of carbonyl (C=O) groups is 2. The minimum atomic E-state index is -0.0774. The number of piperazine rings is 1. The lowest BCUT2D eigenvalue weighted by Gasteiger charge is -2.35. The van der Waals surface area contributed by atoms with Crippen LogP contribution in [0.4, 0.5) is 0 Å². The second kappa shape index (κ2) is 9.11. The molecule has 1 aliphatic rings. The molecule has 0 N–H and O–H groups in total. The molecule has 0 unspecified atom stereocenters. The van der Waals surface area contributed by atoms with E-state index in [1.165, 1.54) is 0 Å². The van der Waals surface area contributed by atoms with E-state index in [2.05, 4.69) is 0 Å². The SMILES string of the molecule is CC(C)C(=O)N1CCN(C(=O)c2ccccc2OCc2ccccc2Cl)CC1. The Hall–Kier alpha value is -2.53. The Morgan fingerprint density at radius 1 is 0.964 bits per heavy atom. The number of hydrogen-bond donors (Lipinski definition) is 0. The van der Waals surface area contributed by atoms with E-state index < -0.39 is 0 Å². The van der Waals surface area contributed by atoms with Gasteiger partial charge < -0.3 is 14.5 Å². The van der Waals surface area contributed by atoms with Crippen LogP contribution >= 0.6 is 11.6 Å². The van der Waals surface area contributed by atoms with Crippen molar-refractivity contribution in [2.45, 2.75) is 20.5 Å². The lowest BCUT2D eigenvalue weighted by Crippen LogP contribution is -2.51. The maximum Gasteiger partial charge on any atom is 0.257 e. The normalized spacial score (nSPS) is 14.3. The van der Waals surface area contributed by atoms with Crippen LogP contribution in [0.1, 0.15) is 29.8 Å². The van der Waals surface area contributed by atoms with Crippen molar-refractivity contribution in [3.05, 3.63) is 64.7 Å². The van der Waals surface area contributed by atoms with Crippen LogP contribution in [-0.4, -0.2) is 47.8 Å². The predicted molar refractivity (Wildman–Crippen MR) is 110 cm³/mol. The number of carbonyl (C=O) groups excluding carboxylic acids is 2. The first kappa shape index (κ1) is 20.2. The van der Waals surface area contributed by atoms with Gasteiger partial charge in [-0.1, -0.05) is 55.8 Å². The first-order chi connectivity index (χ1) is 13.5. The topological polar surface area (TPSA) is 49.9 Å². The molecule has 0 aliphatic carbocycles. The van der Waals surface area contributed by atoms with Crippen LogP contribution in [0.2, 0.25) is 5.02 Å². The molecule has 1 fully saturated rings. The van der Waals surface area contributed by atoms with E-state index in [-0.39, 0.29) is 17.7 Å². The smallest absolute Gasteiger partial charge is 0.257 e. The summed E-state index contributed by atoms with van der Waals surface area (Å²) in [5, 5.41) is 0.636. The van der Waals surface area contributed by atoms with Crippen LogP contribution in [0.25, 0.3) is 0 Å². The predicted octanol–water partition coefficient (Wildman–Crippen LogP) is 3.86. The molecule has 0 spiro atoms. The number of halogens is 1. The van der Waals surface area contributed by atoms with E-state index in [1.54, 1.807) is 17.0 Å². The van der Waals surface area contributed by atoms with Gasteiger partial charge in [-0.05, 0) is 18.2 Å². The minimum absolute atomic E-state index is 0.0267. The summed E-state index contributed by atoms with van der Waals surface area (Å²) in [6.45, 7) is 6.25. The molecule has 1 aliphatic heterocycles. The molecular formula is C22H25ClN2O3. The molecule has 2 amide bonds. The van der Waals surface area contributed by atoms with Crippen molar-refractivity contribution in [3.63, 3.8) is 0 Å². The van der Waals surface area contributed by atoms with E-state index in [0.717, 1.165) is 5.56 Å². The molecule has 2 aromatic rings. The van der Waals surface area contributed by atoms with E-state index in [1.807, 2.05) is 55.1 Å². The van der Waals surface area contributed by atoms with Gasteiger partial charge in [-0.15, -0.1) is 0 Å². The van der Waals surface area contributed by atoms with Crippen molar-refractivity contribution < 1.29 is 14.3 Å². The molecule has 0 bridgehead atoms. The summed E-state index contributed by atoms with van der Waals surface area (Å²) < 4.78 is 5.91. The summed E-state index contributed by atoms with van der Waals surface area (Å²) in [5.74, 6) is 0.566. The van der Waals surface area contributed by atoms with E-state index >= 15 is 0 Å². The van der Waals surface area contributed by atoms with Crippen LogP contribution in [0.5, 0.6) is 5.75 Å². The van der Waals surface area contributed by atoms with Crippen LogP contribution in [0.3, 0.4) is 0 Å². The maximum atomic E-state index is 13.0. The van der Waals surface area contributed by atoms with Crippen LogP contribution in [0, 0.1) is 5.92 Å². The van der Waals surface area contributed by atoms with Gasteiger partial charge in [0.1, 0.15) is 12.4 Å². The highest BCUT2D eigenvalue weighted by molar-refractivity contribution is 6.31. The second-order valence-corrected chi connectivity index (χ2v) is 7.56. The molecule has 1 saturated heterocycles. The Kier molecular flexibility index (Phi) is 6.57. The third-order valence-corrected chi connectivity index (χ3v) is 5.20. The molecule has 6 heteroatoms. The van der Waals surface area contributed by atoms with E-state index in [9.17, 15) is 9.59 Å². The number of benzene rings is 2. The highest BCUT2D eigenvalue weighted by Crippen LogP contribution is 2.24. The zero-order valence-electron chi connectivity index (χ0n) is 16.2. The van der Waals surface area contributed by atoms with Gasteiger partial charge in [0, 0.05) is 42.7 Å². The van der Waals surface area contributed by atoms with Gasteiger partial charge >= 0.3 is 0 Å². The van der Waals surface area contributed by atoms with Crippen molar-refractivity contribution >= 4 is 23.4 Å². The third kappa shape index (κ3) is 4.65. The Morgan fingerprint density at radius 2 is 1.57 bits per heavy atom. The first-order valence-electron chi connectivity index (χ1n) is 9.50. The fraction of sp³-hybridized carbons (Fsp3) is 0.364. The molecule has 28 heavy (non-hydrogen) atoms. The summed E-state index contributed by atoms with van der Waals surface area (Å²) in [6.07, 6.45) is 0. The highest BCUT2D eigenvalue weighted by Gasteiger charge is 2.27. The van der Waals surface area contributed by atoms with Crippen molar-refractivity contribution in [3.8, 4) is 5.75 Å². The van der Waals surface area contributed by atoms with Crippen molar-refractivity contribution in [2.75, 3.05) is 26.2 Å². The third-order valence-electron chi connectivity index (χ3n) is 4.83. The lowest BCUT2D eigenvalue weighted by atomic mass is 10.1. The minimum Gasteiger partial charge on any atom is -0.488 e. The molecular weight excluding hydrogens is 376 g/mol. The van der Waals surface area contributed by atoms with Gasteiger partial charge in [-0.25, -0.2) is 0 Å². The molecule has 0 aromatic heterocycles. The van der Waals surface area contributed by atoms with Gasteiger partial charge in [-0.2, -0.15) is 0 Å². The molecule has 0 saturated carbocycles. The number of ether oxygens (including phenoxy) is 1. The van der Waals surface area contributed by atoms with Crippen molar-refractivity contribution in [1.29, 1.82) is 0 Å². The number of hydrogen-bond acceptors (Lipinski definition) is 3. The number of para-hydroxylation sites is 1. The maximum absolute atomic E-state index is 13.0. The monoisotopic (exact) mass is 400 g/mol. The van der Waals surface area contributed by atoms with Crippen LogP contribution in [-0.2, 0) is 11.4 Å².